The van der Waals surface area contributed by atoms with Crippen LogP contribution in [0.4, 0.5) is 17.3 Å². The summed E-state index contributed by atoms with van der Waals surface area (Å²) < 4.78 is 0.725. The van der Waals surface area contributed by atoms with Gasteiger partial charge in [-0.2, -0.15) is 10.5 Å². The first-order valence-corrected chi connectivity index (χ1v) is 8.46. The average Bonchev–Trinajstić information content (AvgIpc) is 2.61. The predicted molar refractivity (Wildman–Crippen MR) is 106 cm³/mol. The van der Waals surface area contributed by atoms with Crippen molar-refractivity contribution < 1.29 is 9.90 Å². The molecule has 0 spiro atoms. The second-order valence-corrected chi connectivity index (χ2v) is 6.68. The number of guanidine groups is 1. The molecule has 1 atom stereocenters. The average molecular weight is 474 g/mol. The first kappa shape index (κ1) is 18.2. The Labute approximate surface area is 166 Å². The van der Waals surface area contributed by atoms with Crippen LogP contribution >= 0.6 is 22.6 Å². The maximum atomic E-state index is 11.7. The molecule has 0 saturated carbocycles. The van der Waals surface area contributed by atoms with E-state index in [0.29, 0.717) is 11.1 Å². The van der Waals surface area contributed by atoms with Crippen LogP contribution in [0.1, 0.15) is 33.1 Å². The van der Waals surface area contributed by atoms with Crippen molar-refractivity contribution in [2.75, 3.05) is 16.8 Å². The van der Waals surface area contributed by atoms with E-state index in [1.807, 2.05) is 28.7 Å². The monoisotopic (exact) mass is 474 g/mol. The van der Waals surface area contributed by atoms with Gasteiger partial charge in [0.25, 0.3) is 0 Å². The number of halogens is 1. The van der Waals surface area contributed by atoms with E-state index in [-0.39, 0.29) is 34.4 Å². The Morgan fingerprint density at radius 3 is 2.74 bits per heavy atom. The number of nitrogens with one attached hydrogen (secondary N) is 2. The van der Waals surface area contributed by atoms with Gasteiger partial charge in [-0.3, -0.25) is 5.32 Å². The fraction of sp³-hybridized carbons (Fsp3) is 0.0625. The van der Waals surface area contributed by atoms with Crippen molar-refractivity contribution in [1.82, 2.24) is 10.3 Å². The highest BCUT2D eigenvalue weighted by Gasteiger charge is 2.32. The summed E-state index contributed by atoms with van der Waals surface area (Å²) >= 11 is 2.00. The topological polar surface area (TPSA) is 186 Å². The summed E-state index contributed by atoms with van der Waals surface area (Å²) in [4.78, 5) is 20.2. The summed E-state index contributed by atoms with van der Waals surface area (Å²) in [6.45, 7) is 0. The minimum Gasteiger partial charge on any atom is -0.478 e. The highest BCUT2D eigenvalue weighted by molar-refractivity contribution is 14.1. The number of hydrogen-bond donors (Lipinski definition) is 5. The number of nitriles is 2. The minimum absolute atomic E-state index is 0.0187. The largest absolute Gasteiger partial charge is 0.478 e. The standard InChI is InChI=1S/C16H11IN8O2/c17-6-1-2-7(8(3-6)15(26)27)12-10-11(20)9(4-18)13(21)24-14(10)25-16(23-12)22-5-19/h1-3,12H,(H,26,27)(H6,20,21,22,23,24,25). The third-order valence-electron chi connectivity index (χ3n) is 3.90. The molecule has 1 aromatic heterocycles. The lowest BCUT2D eigenvalue weighted by Gasteiger charge is -2.27. The molecule has 0 saturated heterocycles. The summed E-state index contributed by atoms with van der Waals surface area (Å²) in [7, 11) is 0. The van der Waals surface area contributed by atoms with E-state index in [0.717, 1.165) is 3.57 Å². The van der Waals surface area contributed by atoms with Gasteiger partial charge in [0, 0.05) is 9.13 Å². The Morgan fingerprint density at radius 2 is 2.11 bits per heavy atom. The van der Waals surface area contributed by atoms with Crippen LogP contribution in [0.15, 0.2) is 23.2 Å². The Morgan fingerprint density at radius 1 is 1.37 bits per heavy atom. The molecule has 2 aromatic rings. The van der Waals surface area contributed by atoms with Gasteiger partial charge >= 0.3 is 5.97 Å². The molecule has 0 aliphatic carbocycles. The van der Waals surface area contributed by atoms with E-state index < -0.39 is 12.0 Å². The number of carboxylic acids is 1. The lowest BCUT2D eigenvalue weighted by molar-refractivity contribution is 0.0695. The molecule has 0 fully saturated rings. The molecule has 0 bridgehead atoms. The van der Waals surface area contributed by atoms with E-state index in [1.54, 1.807) is 18.3 Å². The summed E-state index contributed by atoms with van der Waals surface area (Å²) in [6.07, 6.45) is 1.74. The number of nitrogens with two attached hydrogens (primary N) is 2. The van der Waals surface area contributed by atoms with E-state index in [9.17, 15) is 15.2 Å². The number of nitrogen functional groups attached to an aromatic ring is 2. The number of pyridine rings is 1. The highest BCUT2D eigenvalue weighted by Crippen LogP contribution is 2.41. The summed E-state index contributed by atoms with van der Waals surface area (Å²) in [5.41, 5.74) is 12.6. The number of carboxylic acid groups (broad SMARTS) is 1. The lowest BCUT2D eigenvalue weighted by atomic mass is 9.92. The van der Waals surface area contributed by atoms with Gasteiger partial charge in [0.05, 0.1) is 11.3 Å². The van der Waals surface area contributed by atoms with E-state index in [1.165, 1.54) is 6.07 Å². The van der Waals surface area contributed by atoms with Crippen molar-refractivity contribution in [2.45, 2.75) is 6.04 Å². The second-order valence-electron chi connectivity index (χ2n) is 5.44. The van der Waals surface area contributed by atoms with Gasteiger partial charge in [0.2, 0.25) is 5.96 Å². The maximum absolute atomic E-state index is 11.7. The van der Waals surface area contributed by atoms with Crippen molar-refractivity contribution in [1.29, 1.82) is 10.5 Å². The normalized spacial score (nSPS) is 14.8. The number of aromatic nitrogens is 1. The number of carbonyl (C=O) groups is 1. The zero-order chi connectivity index (χ0) is 19.7. The molecule has 1 unspecified atom stereocenters. The fourth-order valence-electron chi connectivity index (χ4n) is 2.76. The summed E-state index contributed by atoms with van der Waals surface area (Å²) in [6, 6.07) is 5.83. The quantitative estimate of drug-likeness (QED) is 0.243. The van der Waals surface area contributed by atoms with Crippen LogP contribution < -0.4 is 22.1 Å². The molecule has 11 heteroatoms. The number of nitrogens with zero attached hydrogens (tertiary/aromatic N) is 4. The zero-order valence-electron chi connectivity index (χ0n) is 13.5. The van der Waals surface area contributed by atoms with E-state index in [2.05, 4.69) is 20.6 Å². The SMILES string of the molecule is N#CNC1=NC(c2ccc(I)cc2C(=O)O)c2c(nc(N)c(C#N)c2N)N1. The lowest BCUT2D eigenvalue weighted by Crippen LogP contribution is -2.33. The first-order valence-electron chi connectivity index (χ1n) is 7.39. The van der Waals surface area contributed by atoms with Gasteiger partial charge in [0.1, 0.15) is 29.3 Å². The second kappa shape index (κ2) is 6.97. The van der Waals surface area contributed by atoms with Crippen LogP contribution in [0, 0.1) is 26.4 Å². The Balaban J connectivity index is 2.32. The number of anilines is 3. The number of fused-ring (bicyclic) bond motifs is 1. The first-order chi connectivity index (χ1) is 12.9. The Hall–Kier alpha value is -3.58. The summed E-state index contributed by atoms with van der Waals surface area (Å²) in [5.74, 6) is -0.979. The molecule has 10 nitrogen and oxygen atoms in total. The van der Waals surface area contributed by atoms with Crippen LogP contribution in [0.25, 0.3) is 0 Å². The van der Waals surface area contributed by atoms with E-state index >= 15 is 0 Å². The molecular formula is C16H11IN8O2. The molecule has 27 heavy (non-hydrogen) atoms. The molecular weight excluding hydrogens is 463 g/mol. The molecule has 7 N–H and O–H groups in total. The van der Waals surface area contributed by atoms with Crippen LogP contribution in [0.5, 0.6) is 0 Å². The van der Waals surface area contributed by atoms with Crippen molar-refractivity contribution in [2.24, 2.45) is 4.99 Å². The molecule has 1 aliphatic rings. The number of aromatic carboxylic acids is 1. The Kier molecular flexibility index (Phi) is 4.70. The molecule has 0 amide bonds. The summed E-state index contributed by atoms with van der Waals surface area (Å²) in [5, 5.41) is 33.0. The smallest absolute Gasteiger partial charge is 0.336 e. The third kappa shape index (κ3) is 3.16. The maximum Gasteiger partial charge on any atom is 0.336 e. The van der Waals surface area contributed by atoms with Crippen LogP contribution in [0.3, 0.4) is 0 Å². The molecule has 1 aliphatic heterocycles. The van der Waals surface area contributed by atoms with Gasteiger partial charge < -0.3 is 21.9 Å². The zero-order valence-corrected chi connectivity index (χ0v) is 15.6. The van der Waals surface area contributed by atoms with Gasteiger partial charge in [-0.1, -0.05) is 6.07 Å². The van der Waals surface area contributed by atoms with Crippen LogP contribution in [0.2, 0.25) is 0 Å². The van der Waals surface area contributed by atoms with Crippen molar-refractivity contribution in [3.63, 3.8) is 0 Å². The molecule has 2 heterocycles. The van der Waals surface area contributed by atoms with Crippen molar-refractivity contribution >= 4 is 51.8 Å². The predicted octanol–water partition coefficient (Wildman–Crippen LogP) is 1.36. The van der Waals surface area contributed by atoms with Gasteiger partial charge in [-0.05, 0) is 40.3 Å². The number of hydrogen-bond acceptors (Lipinski definition) is 9. The molecule has 134 valence electrons. The molecule has 0 radical (unpaired) electrons. The third-order valence-corrected chi connectivity index (χ3v) is 4.57. The highest BCUT2D eigenvalue weighted by atomic mass is 127. The van der Waals surface area contributed by atoms with Gasteiger partial charge in [-0.25, -0.2) is 14.8 Å². The molecule has 1 aromatic carbocycles. The Bertz CT molecular complexity index is 1080. The number of rotatable bonds is 2. The number of benzene rings is 1. The van der Waals surface area contributed by atoms with Crippen molar-refractivity contribution in [3.05, 3.63) is 44.0 Å². The van der Waals surface area contributed by atoms with Crippen LogP contribution in [-0.4, -0.2) is 22.0 Å². The van der Waals surface area contributed by atoms with Gasteiger partial charge in [0.15, 0.2) is 6.19 Å². The van der Waals surface area contributed by atoms with Crippen molar-refractivity contribution in [3.8, 4) is 12.3 Å². The van der Waals surface area contributed by atoms with Crippen LogP contribution in [-0.2, 0) is 0 Å². The van der Waals surface area contributed by atoms with E-state index in [4.69, 9.17) is 16.7 Å². The molecule has 3 rings (SSSR count). The number of aliphatic imine (C=N–C) groups is 1. The fourth-order valence-corrected chi connectivity index (χ4v) is 3.25. The van der Waals surface area contributed by atoms with Gasteiger partial charge in [-0.15, -0.1) is 0 Å². The minimum atomic E-state index is -1.14.